The Morgan fingerprint density at radius 3 is 1.93 bits per heavy atom. The summed E-state index contributed by atoms with van der Waals surface area (Å²) in [7, 11) is -9.88. The molecular formula is C17H14F3NO4S2. The van der Waals surface area contributed by atoms with Gasteiger partial charge in [-0.2, -0.15) is 8.78 Å². The summed E-state index contributed by atoms with van der Waals surface area (Å²) in [6.45, 7) is 0. The van der Waals surface area contributed by atoms with E-state index in [9.17, 15) is 25.9 Å². The number of alkyl halides is 2. The van der Waals surface area contributed by atoms with Gasteiger partial charge in [-0.15, -0.1) is 0 Å². The summed E-state index contributed by atoms with van der Waals surface area (Å²) >= 11 is 0. The van der Waals surface area contributed by atoms with Crippen molar-refractivity contribution in [1.29, 1.82) is 0 Å². The van der Waals surface area contributed by atoms with Gasteiger partial charge < -0.3 is 0 Å². The van der Waals surface area contributed by atoms with E-state index in [1.807, 2.05) is 42.5 Å². The molecule has 0 saturated heterocycles. The molecule has 0 spiro atoms. The molecule has 0 aromatic heterocycles. The first-order valence-corrected chi connectivity index (χ1v) is 10.8. The number of hydrogen-bond donors (Lipinski definition) is 0. The highest BCUT2D eigenvalue weighted by molar-refractivity contribution is 8.01. The van der Waals surface area contributed by atoms with Gasteiger partial charge in [-0.05, 0) is 44.1 Å². The van der Waals surface area contributed by atoms with Crippen molar-refractivity contribution in [2.75, 3.05) is 5.75 Å². The molecule has 0 aliphatic heterocycles. The number of fused-ring (bicyclic) bond motifs is 2. The van der Waals surface area contributed by atoms with Crippen LogP contribution in [0.5, 0.6) is 0 Å². The van der Waals surface area contributed by atoms with Gasteiger partial charge in [0, 0.05) is 0 Å². The molecule has 0 N–H and O–H groups in total. The third kappa shape index (κ3) is 4.07. The molecule has 3 aromatic carbocycles. The molecule has 0 fully saturated rings. The van der Waals surface area contributed by atoms with Crippen LogP contribution in [0.4, 0.5) is 13.3 Å². The molecule has 0 aliphatic rings. The van der Waals surface area contributed by atoms with E-state index in [0.717, 1.165) is 21.5 Å². The Hall–Kier alpha value is -2.17. The molecule has 0 radical (unpaired) electrons. The first-order chi connectivity index (χ1) is 12.8. The number of aryl methyl sites for hydroxylation is 1. The number of nitrogens with zero attached hydrogens (tertiary/aromatic N) is 1. The number of halogens is 3. The van der Waals surface area contributed by atoms with Gasteiger partial charge in [-0.25, -0.2) is 12.6 Å². The fourth-order valence-corrected chi connectivity index (χ4v) is 5.31. The Bertz CT molecular complexity index is 1170. The lowest BCUT2D eigenvalue weighted by Crippen LogP contribution is -2.16. The zero-order valence-electron chi connectivity index (χ0n) is 13.7. The van der Waals surface area contributed by atoms with Crippen LogP contribution in [0.2, 0.25) is 0 Å². The number of benzene rings is 3. The summed E-state index contributed by atoms with van der Waals surface area (Å²) in [4.78, 5) is 0. The Balaban J connectivity index is 2.06. The smallest absolute Gasteiger partial charge is 0.211 e. The van der Waals surface area contributed by atoms with Gasteiger partial charge in [0.1, 0.15) is 0 Å². The van der Waals surface area contributed by atoms with Crippen molar-refractivity contribution < 1.29 is 30.3 Å². The van der Waals surface area contributed by atoms with Crippen LogP contribution in [0.15, 0.2) is 58.4 Å². The van der Waals surface area contributed by atoms with E-state index in [1.54, 1.807) is 12.1 Å². The summed E-state index contributed by atoms with van der Waals surface area (Å²) in [5, 5.41) is 3.35. The minimum absolute atomic E-state index is 0.0846. The molecule has 0 heterocycles. The number of hydrogen-bond acceptors (Lipinski definition) is 4. The lowest BCUT2D eigenvalue weighted by atomic mass is 9.95. The SMILES string of the molecule is O=S(=O)(CCc1c2ccccc2cc2ccccc12)N=S(=O)(OF)C(F)F. The standard InChI is InChI=1S/C17H14F3NO4S2/c18-17(19)27(24,25-20)21-26(22,23)10-9-16-14-7-3-1-5-12(14)11-13-6-2-4-8-15(13)16/h1-8,11,17H,9-10H2. The fourth-order valence-electron chi connectivity index (χ4n) is 2.88. The van der Waals surface area contributed by atoms with Gasteiger partial charge in [0.2, 0.25) is 0 Å². The summed E-state index contributed by atoms with van der Waals surface area (Å²) in [6.07, 6.45) is -0.0846. The monoisotopic (exact) mass is 417 g/mol. The first kappa shape index (κ1) is 19.6. The highest BCUT2D eigenvalue weighted by atomic mass is 32.3. The van der Waals surface area contributed by atoms with E-state index >= 15 is 0 Å². The molecule has 3 aromatic rings. The number of sulfonamides is 1. The highest BCUT2D eigenvalue weighted by Crippen LogP contribution is 2.29. The minimum atomic E-state index is -5.25. The highest BCUT2D eigenvalue weighted by Gasteiger charge is 2.28. The van der Waals surface area contributed by atoms with Crippen molar-refractivity contribution in [3.63, 3.8) is 0 Å². The largest absolute Gasteiger partial charge is 0.346 e. The normalized spacial score (nSPS) is 14.5. The Morgan fingerprint density at radius 2 is 1.44 bits per heavy atom. The lowest BCUT2D eigenvalue weighted by Gasteiger charge is -2.11. The van der Waals surface area contributed by atoms with Gasteiger partial charge in [-0.1, -0.05) is 56.7 Å². The lowest BCUT2D eigenvalue weighted by molar-refractivity contribution is -0.000781. The van der Waals surface area contributed by atoms with Gasteiger partial charge in [0.25, 0.3) is 20.0 Å². The second-order valence-electron chi connectivity index (χ2n) is 5.75. The number of rotatable bonds is 6. The van der Waals surface area contributed by atoms with Crippen molar-refractivity contribution >= 4 is 41.6 Å². The predicted molar refractivity (Wildman–Crippen MR) is 97.7 cm³/mol. The third-order valence-electron chi connectivity index (χ3n) is 4.03. The maximum Gasteiger partial charge on any atom is 0.346 e. The molecule has 27 heavy (non-hydrogen) atoms. The van der Waals surface area contributed by atoms with Crippen LogP contribution >= 0.6 is 0 Å². The molecule has 144 valence electrons. The fraction of sp³-hybridized carbons (Fsp3) is 0.176. The average molecular weight is 417 g/mol. The van der Waals surface area contributed by atoms with Crippen molar-refractivity contribution in [2.24, 2.45) is 3.77 Å². The van der Waals surface area contributed by atoms with Crippen LogP contribution in [0.1, 0.15) is 5.56 Å². The van der Waals surface area contributed by atoms with Crippen LogP contribution in [0.25, 0.3) is 21.5 Å². The molecule has 3 rings (SSSR count). The Labute approximate surface area is 154 Å². The average Bonchev–Trinajstić information content (AvgIpc) is 2.64. The molecule has 0 amide bonds. The van der Waals surface area contributed by atoms with Gasteiger partial charge in [0.15, 0.2) is 0 Å². The molecule has 1 unspecified atom stereocenters. The predicted octanol–water partition coefficient (Wildman–Crippen LogP) is 4.37. The van der Waals surface area contributed by atoms with Gasteiger partial charge in [-0.3, -0.25) is 0 Å². The Morgan fingerprint density at radius 1 is 0.926 bits per heavy atom. The molecule has 5 nitrogen and oxygen atoms in total. The summed E-state index contributed by atoms with van der Waals surface area (Å²) in [5.74, 6) is -4.62. The molecule has 0 bridgehead atoms. The van der Waals surface area contributed by atoms with E-state index in [2.05, 4.69) is 8.16 Å². The first-order valence-electron chi connectivity index (χ1n) is 7.73. The Kier molecular flexibility index (Phi) is 5.41. The van der Waals surface area contributed by atoms with E-state index in [-0.39, 0.29) is 6.42 Å². The molecule has 1 atom stereocenters. The topological polar surface area (TPSA) is 72.8 Å². The van der Waals surface area contributed by atoms with E-state index in [4.69, 9.17) is 0 Å². The third-order valence-corrected chi connectivity index (χ3v) is 7.12. The second kappa shape index (κ2) is 7.45. The van der Waals surface area contributed by atoms with Crippen molar-refractivity contribution in [1.82, 2.24) is 0 Å². The second-order valence-corrected chi connectivity index (χ2v) is 9.43. The molecule has 0 saturated carbocycles. The zero-order chi connectivity index (χ0) is 19.7. The maximum atomic E-state index is 12.6. The van der Waals surface area contributed by atoms with Crippen LogP contribution in [0, 0.1) is 0 Å². The molecule has 10 heteroatoms. The quantitative estimate of drug-likeness (QED) is 0.558. The van der Waals surface area contributed by atoms with Crippen LogP contribution in [0.3, 0.4) is 0 Å². The zero-order valence-corrected chi connectivity index (χ0v) is 15.4. The van der Waals surface area contributed by atoms with Crippen LogP contribution < -0.4 is 0 Å². The maximum absolute atomic E-state index is 12.6. The van der Waals surface area contributed by atoms with Crippen molar-refractivity contribution in [3.8, 4) is 0 Å². The van der Waals surface area contributed by atoms with Crippen LogP contribution in [-0.2, 0) is 30.8 Å². The summed E-state index contributed by atoms with van der Waals surface area (Å²) in [6, 6.07) is 16.6. The summed E-state index contributed by atoms with van der Waals surface area (Å²) in [5.41, 5.74) is 0.673. The van der Waals surface area contributed by atoms with Gasteiger partial charge >= 0.3 is 5.76 Å². The van der Waals surface area contributed by atoms with Crippen molar-refractivity contribution in [2.45, 2.75) is 12.2 Å². The van der Waals surface area contributed by atoms with E-state index in [0.29, 0.717) is 5.56 Å². The molecule has 0 aliphatic carbocycles. The van der Waals surface area contributed by atoms with E-state index < -0.39 is 31.5 Å². The van der Waals surface area contributed by atoms with Crippen molar-refractivity contribution in [3.05, 3.63) is 60.2 Å². The van der Waals surface area contributed by atoms with Crippen LogP contribution in [-0.4, -0.2) is 24.1 Å². The summed E-state index contributed by atoms with van der Waals surface area (Å²) < 4.78 is 78.0. The molecular weight excluding hydrogens is 403 g/mol. The van der Waals surface area contributed by atoms with E-state index in [1.165, 1.54) is 0 Å². The van der Waals surface area contributed by atoms with Gasteiger partial charge in [0.05, 0.1) is 5.75 Å². The minimum Gasteiger partial charge on any atom is -0.211 e.